The minimum Gasteiger partial charge on any atom is -0.376 e. The molecule has 1 heterocycles. The fraction of sp³-hybridized carbons (Fsp3) is 0.500. The zero-order chi connectivity index (χ0) is 13.8. The van der Waals surface area contributed by atoms with Gasteiger partial charge in [0, 0.05) is 17.3 Å². The molecule has 2 rings (SSSR count). The molecule has 4 nitrogen and oxygen atoms in total. The molecular weight excluding hydrogens is 264 g/mol. The Bertz CT molecular complexity index is 459. The molecule has 0 aromatic heterocycles. The van der Waals surface area contributed by atoms with Gasteiger partial charge in [0.2, 0.25) is 0 Å². The van der Waals surface area contributed by atoms with Gasteiger partial charge in [-0.3, -0.25) is 0 Å². The largest absolute Gasteiger partial charge is 0.376 e. The second kappa shape index (κ2) is 6.26. The summed E-state index contributed by atoms with van der Waals surface area (Å²) in [6, 6.07) is 5.22. The highest BCUT2D eigenvalue weighted by atomic mass is 35.5. The molecule has 1 fully saturated rings. The average Bonchev–Trinajstić information content (AvgIpc) is 2.88. The van der Waals surface area contributed by atoms with Gasteiger partial charge in [0.25, 0.3) is 0 Å². The van der Waals surface area contributed by atoms with Crippen molar-refractivity contribution in [2.75, 3.05) is 11.9 Å². The van der Waals surface area contributed by atoms with Gasteiger partial charge in [0.15, 0.2) is 0 Å². The highest BCUT2D eigenvalue weighted by Gasteiger charge is 2.23. The molecule has 2 atom stereocenters. The summed E-state index contributed by atoms with van der Waals surface area (Å²) < 4.78 is 5.55. The SMILES string of the molecule is Cc1c(Cl)cccc1NC(=O)N[C@@H](C)[C@H]1CCCO1. The summed E-state index contributed by atoms with van der Waals surface area (Å²) in [6.45, 7) is 4.62. The second-order valence-electron chi connectivity index (χ2n) is 4.85. The molecule has 0 aliphatic carbocycles. The maximum atomic E-state index is 11.9. The molecule has 1 saturated heterocycles. The Kier molecular flexibility index (Phi) is 4.66. The van der Waals surface area contributed by atoms with Crippen molar-refractivity contribution in [3.63, 3.8) is 0 Å². The van der Waals surface area contributed by atoms with Crippen molar-refractivity contribution in [1.29, 1.82) is 0 Å². The number of benzene rings is 1. The van der Waals surface area contributed by atoms with E-state index in [0.717, 1.165) is 30.7 Å². The molecule has 0 saturated carbocycles. The van der Waals surface area contributed by atoms with Crippen LogP contribution in [-0.4, -0.2) is 24.8 Å². The van der Waals surface area contributed by atoms with Crippen LogP contribution in [0.2, 0.25) is 5.02 Å². The average molecular weight is 283 g/mol. The van der Waals surface area contributed by atoms with Crippen LogP contribution >= 0.6 is 11.6 Å². The lowest BCUT2D eigenvalue weighted by Gasteiger charge is -2.20. The Morgan fingerprint density at radius 2 is 2.32 bits per heavy atom. The summed E-state index contributed by atoms with van der Waals surface area (Å²) in [7, 11) is 0. The quantitative estimate of drug-likeness (QED) is 0.893. The summed E-state index contributed by atoms with van der Waals surface area (Å²) in [5.41, 5.74) is 1.59. The lowest BCUT2D eigenvalue weighted by atomic mass is 10.1. The molecule has 5 heteroatoms. The van der Waals surface area contributed by atoms with Crippen molar-refractivity contribution < 1.29 is 9.53 Å². The predicted octanol–water partition coefficient (Wildman–Crippen LogP) is 3.34. The van der Waals surface area contributed by atoms with Crippen LogP contribution in [-0.2, 0) is 4.74 Å². The normalized spacial score (nSPS) is 20.1. The van der Waals surface area contributed by atoms with Gasteiger partial charge in [-0.2, -0.15) is 0 Å². The third-order valence-electron chi connectivity index (χ3n) is 3.40. The van der Waals surface area contributed by atoms with Crippen LogP contribution in [0.25, 0.3) is 0 Å². The fourth-order valence-corrected chi connectivity index (χ4v) is 2.37. The van der Waals surface area contributed by atoms with Crippen LogP contribution in [0.3, 0.4) is 0 Å². The van der Waals surface area contributed by atoms with Gasteiger partial charge in [-0.25, -0.2) is 4.79 Å². The minimum absolute atomic E-state index is 0.00184. The van der Waals surface area contributed by atoms with Crippen LogP contribution in [0.1, 0.15) is 25.3 Å². The van der Waals surface area contributed by atoms with Crippen molar-refractivity contribution in [2.24, 2.45) is 0 Å². The zero-order valence-electron chi connectivity index (χ0n) is 11.2. The third kappa shape index (κ3) is 3.61. The van der Waals surface area contributed by atoms with E-state index in [1.54, 1.807) is 6.07 Å². The highest BCUT2D eigenvalue weighted by Crippen LogP contribution is 2.23. The van der Waals surface area contributed by atoms with Crippen molar-refractivity contribution >= 4 is 23.3 Å². The molecule has 1 aromatic rings. The molecule has 0 spiro atoms. The predicted molar refractivity (Wildman–Crippen MR) is 76.8 cm³/mol. The van der Waals surface area contributed by atoms with Gasteiger partial charge in [0.05, 0.1) is 12.1 Å². The van der Waals surface area contributed by atoms with E-state index < -0.39 is 0 Å². The van der Waals surface area contributed by atoms with Crippen molar-refractivity contribution in [1.82, 2.24) is 5.32 Å². The summed E-state index contributed by atoms with van der Waals surface area (Å²) >= 11 is 6.01. The maximum absolute atomic E-state index is 11.9. The molecule has 1 aromatic carbocycles. The van der Waals surface area contributed by atoms with Crippen LogP contribution in [0.4, 0.5) is 10.5 Å². The van der Waals surface area contributed by atoms with Gasteiger partial charge in [-0.1, -0.05) is 17.7 Å². The van der Waals surface area contributed by atoms with E-state index in [1.807, 2.05) is 26.0 Å². The lowest BCUT2D eigenvalue weighted by molar-refractivity contribution is 0.0868. The number of urea groups is 1. The van der Waals surface area contributed by atoms with Crippen LogP contribution in [0.15, 0.2) is 18.2 Å². The molecule has 2 amide bonds. The Morgan fingerprint density at radius 3 is 3.00 bits per heavy atom. The van der Waals surface area contributed by atoms with Gasteiger partial charge < -0.3 is 15.4 Å². The Balaban J connectivity index is 1.91. The molecule has 0 unspecified atom stereocenters. The summed E-state index contributed by atoms with van der Waals surface area (Å²) in [4.78, 5) is 11.9. The molecular formula is C14H19ClN2O2. The van der Waals surface area contributed by atoms with Gasteiger partial charge in [-0.05, 0) is 44.4 Å². The Labute approximate surface area is 118 Å². The standard InChI is InChI=1S/C14H19ClN2O2/c1-9-11(15)5-3-6-12(9)17-14(18)16-10(2)13-7-4-8-19-13/h3,5-6,10,13H,4,7-8H2,1-2H3,(H2,16,17,18)/t10-,13+/m0/s1. The van der Waals surface area contributed by atoms with E-state index >= 15 is 0 Å². The number of ether oxygens (including phenoxy) is 1. The topological polar surface area (TPSA) is 50.4 Å². The summed E-state index contributed by atoms with van der Waals surface area (Å²) in [5.74, 6) is 0. The zero-order valence-corrected chi connectivity index (χ0v) is 12.0. The number of hydrogen-bond acceptors (Lipinski definition) is 2. The third-order valence-corrected chi connectivity index (χ3v) is 3.81. The van der Waals surface area contributed by atoms with Crippen LogP contribution in [0.5, 0.6) is 0 Å². The van der Waals surface area contributed by atoms with E-state index in [0.29, 0.717) is 5.02 Å². The number of halogens is 1. The van der Waals surface area contributed by atoms with Gasteiger partial charge in [0.1, 0.15) is 0 Å². The number of rotatable bonds is 3. The van der Waals surface area contributed by atoms with E-state index in [4.69, 9.17) is 16.3 Å². The highest BCUT2D eigenvalue weighted by molar-refractivity contribution is 6.31. The second-order valence-corrected chi connectivity index (χ2v) is 5.26. The van der Waals surface area contributed by atoms with Crippen LogP contribution < -0.4 is 10.6 Å². The molecule has 0 radical (unpaired) electrons. The number of anilines is 1. The smallest absolute Gasteiger partial charge is 0.319 e. The molecule has 1 aliphatic heterocycles. The number of amides is 2. The van der Waals surface area contributed by atoms with Gasteiger partial charge in [-0.15, -0.1) is 0 Å². The maximum Gasteiger partial charge on any atom is 0.319 e. The van der Waals surface area contributed by atoms with Crippen molar-refractivity contribution in [3.8, 4) is 0 Å². The molecule has 2 N–H and O–H groups in total. The van der Waals surface area contributed by atoms with E-state index in [2.05, 4.69) is 10.6 Å². The van der Waals surface area contributed by atoms with Crippen LogP contribution in [0, 0.1) is 6.92 Å². The number of carbonyl (C=O) groups is 1. The lowest BCUT2D eigenvalue weighted by Crippen LogP contribution is -2.43. The molecule has 1 aliphatic rings. The molecule has 19 heavy (non-hydrogen) atoms. The van der Waals surface area contributed by atoms with E-state index in [9.17, 15) is 4.79 Å². The van der Waals surface area contributed by atoms with E-state index in [1.165, 1.54) is 0 Å². The first-order valence-corrected chi connectivity index (χ1v) is 6.90. The minimum atomic E-state index is -0.228. The number of nitrogens with one attached hydrogen (secondary N) is 2. The van der Waals surface area contributed by atoms with E-state index in [-0.39, 0.29) is 18.2 Å². The first-order valence-electron chi connectivity index (χ1n) is 6.52. The van der Waals surface area contributed by atoms with Crippen molar-refractivity contribution in [2.45, 2.75) is 38.8 Å². The fourth-order valence-electron chi connectivity index (χ4n) is 2.20. The number of carbonyl (C=O) groups excluding carboxylic acids is 1. The summed E-state index contributed by atoms with van der Waals surface area (Å²) in [5, 5.41) is 6.36. The Morgan fingerprint density at radius 1 is 1.53 bits per heavy atom. The Hall–Kier alpha value is -1.26. The number of hydrogen-bond donors (Lipinski definition) is 2. The van der Waals surface area contributed by atoms with Gasteiger partial charge >= 0.3 is 6.03 Å². The molecule has 0 bridgehead atoms. The monoisotopic (exact) mass is 282 g/mol. The van der Waals surface area contributed by atoms with Crippen molar-refractivity contribution in [3.05, 3.63) is 28.8 Å². The first-order chi connectivity index (χ1) is 9.08. The first kappa shape index (κ1) is 14.2. The molecule has 104 valence electrons. The summed E-state index contributed by atoms with van der Waals surface area (Å²) in [6.07, 6.45) is 2.18.